The highest BCUT2D eigenvalue weighted by Gasteiger charge is 2.28. The molecular formula is C21H26N2O3. The highest BCUT2D eigenvalue weighted by molar-refractivity contribution is 5.78. The SMILES string of the molecule is CC(C)(C)c1ccccc1OCC(=O)N1CC[C@@H](Oc2cccnc2)C1. The molecule has 0 unspecified atom stereocenters. The number of ether oxygens (including phenoxy) is 2. The fraction of sp³-hybridized carbons (Fsp3) is 0.429. The molecule has 3 rings (SSSR count). The molecule has 0 aliphatic carbocycles. The van der Waals surface area contributed by atoms with Gasteiger partial charge in [0.1, 0.15) is 17.6 Å². The molecule has 1 fully saturated rings. The van der Waals surface area contributed by atoms with Gasteiger partial charge in [-0.25, -0.2) is 0 Å². The number of para-hydroxylation sites is 1. The number of aromatic nitrogens is 1. The molecule has 1 aromatic carbocycles. The van der Waals surface area contributed by atoms with Crippen LogP contribution in [0.1, 0.15) is 32.8 Å². The zero-order valence-electron chi connectivity index (χ0n) is 15.6. The van der Waals surface area contributed by atoms with Gasteiger partial charge in [0.2, 0.25) is 0 Å². The first-order valence-electron chi connectivity index (χ1n) is 9.00. The van der Waals surface area contributed by atoms with Crippen LogP contribution in [0.3, 0.4) is 0 Å². The summed E-state index contributed by atoms with van der Waals surface area (Å²) >= 11 is 0. The molecule has 5 heteroatoms. The zero-order valence-corrected chi connectivity index (χ0v) is 15.6. The van der Waals surface area contributed by atoms with E-state index in [1.54, 1.807) is 17.3 Å². The van der Waals surface area contributed by atoms with Gasteiger partial charge >= 0.3 is 0 Å². The molecule has 0 saturated carbocycles. The highest BCUT2D eigenvalue weighted by Crippen LogP contribution is 2.31. The highest BCUT2D eigenvalue weighted by atomic mass is 16.5. The summed E-state index contributed by atoms with van der Waals surface area (Å²) in [5, 5.41) is 0. The molecule has 1 atom stereocenters. The average molecular weight is 354 g/mol. The van der Waals surface area contributed by atoms with Crippen LogP contribution in [0.2, 0.25) is 0 Å². The summed E-state index contributed by atoms with van der Waals surface area (Å²) in [6.07, 6.45) is 4.23. The number of benzene rings is 1. The Morgan fingerprint density at radius 1 is 1.23 bits per heavy atom. The van der Waals surface area contributed by atoms with Crippen LogP contribution < -0.4 is 9.47 Å². The van der Waals surface area contributed by atoms with Crippen LogP contribution in [0, 0.1) is 0 Å². The lowest BCUT2D eigenvalue weighted by Gasteiger charge is -2.23. The fourth-order valence-corrected chi connectivity index (χ4v) is 3.10. The molecule has 1 amide bonds. The monoisotopic (exact) mass is 354 g/mol. The van der Waals surface area contributed by atoms with Crippen molar-refractivity contribution in [3.8, 4) is 11.5 Å². The molecule has 0 spiro atoms. The Balaban J connectivity index is 1.54. The minimum atomic E-state index is -0.0318. The number of amides is 1. The second kappa shape index (κ2) is 7.77. The van der Waals surface area contributed by atoms with Crippen LogP contribution in [0.5, 0.6) is 11.5 Å². The smallest absolute Gasteiger partial charge is 0.260 e. The molecule has 5 nitrogen and oxygen atoms in total. The molecule has 0 radical (unpaired) electrons. The number of nitrogens with zero attached hydrogens (tertiary/aromatic N) is 2. The molecule has 1 aliphatic rings. The third kappa shape index (κ3) is 4.54. The lowest BCUT2D eigenvalue weighted by atomic mass is 9.86. The van der Waals surface area contributed by atoms with E-state index in [-0.39, 0.29) is 24.0 Å². The van der Waals surface area contributed by atoms with Gasteiger partial charge in [-0.15, -0.1) is 0 Å². The largest absolute Gasteiger partial charge is 0.487 e. The predicted octanol–water partition coefficient (Wildman–Crippen LogP) is 3.44. The van der Waals surface area contributed by atoms with Gasteiger partial charge in [0, 0.05) is 19.2 Å². The van der Waals surface area contributed by atoms with E-state index in [1.807, 2.05) is 36.4 Å². The van der Waals surface area contributed by atoms with E-state index in [4.69, 9.17) is 9.47 Å². The Hall–Kier alpha value is -2.56. The maximum absolute atomic E-state index is 12.5. The summed E-state index contributed by atoms with van der Waals surface area (Å²) in [5.74, 6) is 1.50. The Morgan fingerprint density at radius 2 is 2.04 bits per heavy atom. The van der Waals surface area contributed by atoms with Gasteiger partial charge < -0.3 is 14.4 Å². The minimum Gasteiger partial charge on any atom is -0.487 e. The van der Waals surface area contributed by atoms with Crippen molar-refractivity contribution < 1.29 is 14.3 Å². The van der Waals surface area contributed by atoms with Crippen molar-refractivity contribution in [3.63, 3.8) is 0 Å². The molecule has 26 heavy (non-hydrogen) atoms. The van der Waals surface area contributed by atoms with Crippen molar-refractivity contribution in [1.29, 1.82) is 0 Å². The minimum absolute atomic E-state index is 0.00464. The first-order valence-corrected chi connectivity index (χ1v) is 9.00. The lowest BCUT2D eigenvalue weighted by molar-refractivity contribution is -0.132. The molecule has 1 aliphatic heterocycles. The topological polar surface area (TPSA) is 51.7 Å². The Labute approximate surface area is 155 Å². The van der Waals surface area contributed by atoms with Crippen LogP contribution in [-0.4, -0.2) is 41.6 Å². The summed E-state index contributed by atoms with van der Waals surface area (Å²) in [6.45, 7) is 7.73. The number of carbonyl (C=O) groups is 1. The molecule has 0 N–H and O–H groups in total. The third-order valence-corrected chi connectivity index (χ3v) is 4.48. The molecule has 2 heterocycles. The molecule has 1 aromatic heterocycles. The summed E-state index contributed by atoms with van der Waals surface area (Å²) in [4.78, 5) is 18.4. The number of pyridine rings is 1. The number of likely N-dealkylation sites (tertiary alicyclic amines) is 1. The average Bonchev–Trinajstić information content (AvgIpc) is 3.08. The Kier molecular flexibility index (Phi) is 5.45. The number of carbonyl (C=O) groups excluding carboxylic acids is 1. The van der Waals surface area contributed by atoms with Gasteiger partial charge in [0.05, 0.1) is 12.7 Å². The van der Waals surface area contributed by atoms with Crippen molar-refractivity contribution in [2.75, 3.05) is 19.7 Å². The Bertz CT molecular complexity index is 740. The first-order chi connectivity index (χ1) is 12.4. The number of hydrogen-bond donors (Lipinski definition) is 0. The van der Waals surface area contributed by atoms with Crippen molar-refractivity contribution in [2.24, 2.45) is 0 Å². The van der Waals surface area contributed by atoms with E-state index in [1.165, 1.54) is 0 Å². The van der Waals surface area contributed by atoms with E-state index in [0.29, 0.717) is 13.1 Å². The summed E-state index contributed by atoms with van der Waals surface area (Å²) < 4.78 is 11.7. The van der Waals surface area contributed by atoms with Crippen LogP contribution in [0.4, 0.5) is 0 Å². The van der Waals surface area contributed by atoms with Gasteiger partial charge in [-0.1, -0.05) is 39.0 Å². The van der Waals surface area contributed by atoms with Gasteiger partial charge in [0.15, 0.2) is 6.61 Å². The first kappa shape index (κ1) is 18.2. The van der Waals surface area contributed by atoms with Crippen molar-refractivity contribution >= 4 is 5.91 Å². The summed E-state index contributed by atoms with van der Waals surface area (Å²) in [5.41, 5.74) is 1.07. The van der Waals surface area contributed by atoms with Crippen molar-refractivity contribution in [2.45, 2.75) is 38.7 Å². The van der Waals surface area contributed by atoms with E-state index in [9.17, 15) is 4.79 Å². The molecule has 138 valence electrons. The maximum atomic E-state index is 12.5. The van der Waals surface area contributed by atoms with Gasteiger partial charge in [-0.3, -0.25) is 9.78 Å². The number of rotatable bonds is 5. The van der Waals surface area contributed by atoms with Crippen molar-refractivity contribution in [1.82, 2.24) is 9.88 Å². The van der Waals surface area contributed by atoms with Crippen LogP contribution in [0.25, 0.3) is 0 Å². The van der Waals surface area contributed by atoms with Crippen LogP contribution in [-0.2, 0) is 10.2 Å². The van der Waals surface area contributed by atoms with E-state index < -0.39 is 0 Å². The second-order valence-electron chi connectivity index (χ2n) is 7.59. The van der Waals surface area contributed by atoms with E-state index in [0.717, 1.165) is 23.5 Å². The second-order valence-corrected chi connectivity index (χ2v) is 7.59. The van der Waals surface area contributed by atoms with Gasteiger partial charge in [-0.2, -0.15) is 0 Å². The third-order valence-electron chi connectivity index (χ3n) is 4.48. The fourth-order valence-electron chi connectivity index (χ4n) is 3.10. The van der Waals surface area contributed by atoms with Gasteiger partial charge in [0.25, 0.3) is 5.91 Å². The standard InChI is InChI=1S/C21H26N2O3/c1-21(2,3)18-8-4-5-9-19(18)25-15-20(24)23-12-10-17(14-23)26-16-7-6-11-22-13-16/h4-9,11,13,17H,10,12,14-15H2,1-3H3/t17-/m1/s1. The van der Waals surface area contributed by atoms with Crippen molar-refractivity contribution in [3.05, 3.63) is 54.4 Å². The number of hydrogen-bond acceptors (Lipinski definition) is 4. The zero-order chi connectivity index (χ0) is 18.6. The molecule has 0 bridgehead atoms. The van der Waals surface area contributed by atoms with Crippen LogP contribution >= 0.6 is 0 Å². The molecular weight excluding hydrogens is 328 g/mol. The van der Waals surface area contributed by atoms with E-state index in [2.05, 4.69) is 25.8 Å². The molecule has 1 saturated heterocycles. The maximum Gasteiger partial charge on any atom is 0.260 e. The van der Waals surface area contributed by atoms with Gasteiger partial charge in [-0.05, 0) is 29.2 Å². The normalized spacial score (nSPS) is 17.2. The van der Waals surface area contributed by atoms with E-state index >= 15 is 0 Å². The Morgan fingerprint density at radius 3 is 2.77 bits per heavy atom. The predicted molar refractivity (Wildman–Crippen MR) is 100 cm³/mol. The lowest BCUT2D eigenvalue weighted by Crippen LogP contribution is -2.34. The summed E-state index contributed by atoms with van der Waals surface area (Å²) in [6, 6.07) is 11.6. The summed E-state index contributed by atoms with van der Waals surface area (Å²) in [7, 11) is 0. The van der Waals surface area contributed by atoms with Crippen LogP contribution in [0.15, 0.2) is 48.8 Å². The molecule has 2 aromatic rings. The quantitative estimate of drug-likeness (QED) is 0.825.